The van der Waals surface area contributed by atoms with E-state index in [2.05, 4.69) is 12.6 Å². The molecule has 84 valence electrons. The normalized spacial score (nSPS) is 12.6. The standard InChI is InChI=1S/C12H18O2S/c1-8-6-10(11(13)4-5-15)12(14-3)7-9(8)2/h6-7,11,13,15H,4-5H2,1-3H3. The number of aliphatic hydroxyl groups excluding tert-OH is 1. The molecule has 1 unspecified atom stereocenters. The molecular weight excluding hydrogens is 208 g/mol. The first-order chi connectivity index (χ1) is 7.10. The summed E-state index contributed by atoms with van der Waals surface area (Å²) >= 11 is 4.12. The van der Waals surface area contributed by atoms with Crippen LogP contribution >= 0.6 is 12.6 Å². The fourth-order valence-electron chi connectivity index (χ4n) is 1.53. The van der Waals surface area contributed by atoms with Gasteiger partial charge in [-0.1, -0.05) is 0 Å². The lowest BCUT2D eigenvalue weighted by Crippen LogP contribution is -2.02. The lowest BCUT2D eigenvalue weighted by atomic mass is 10.00. The summed E-state index contributed by atoms with van der Waals surface area (Å²) in [4.78, 5) is 0. The average molecular weight is 226 g/mol. The van der Waals surface area contributed by atoms with Crippen LogP contribution in [0.1, 0.15) is 29.2 Å². The third kappa shape index (κ3) is 2.89. The Morgan fingerprint density at radius 1 is 1.33 bits per heavy atom. The molecule has 1 atom stereocenters. The summed E-state index contributed by atoms with van der Waals surface area (Å²) in [7, 11) is 1.63. The van der Waals surface area contributed by atoms with Gasteiger partial charge in [0.25, 0.3) is 0 Å². The zero-order chi connectivity index (χ0) is 11.4. The molecule has 0 fully saturated rings. The van der Waals surface area contributed by atoms with Gasteiger partial charge in [-0.15, -0.1) is 0 Å². The van der Waals surface area contributed by atoms with Crippen molar-refractivity contribution in [1.82, 2.24) is 0 Å². The predicted octanol–water partition coefficient (Wildman–Crippen LogP) is 2.67. The van der Waals surface area contributed by atoms with Crippen molar-refractivity contribution in [3.05, 3.63) is 28.8 Å². The highest BCUT2D eigenvalue weighted by Crippen LogP contribution is 2.30. The number of hydrogen-bond acceptors (Lipinski definition) is 3. The second kappa shape index (κ2) is 5.42. The van der Waals surface area contributed by atoms with Crippen molar-refractivity contribution in [2.24, 2.45) is 0 Å². The molecule has 0 heterocycles. The summed E-state index contributed by atoms with van der Waals surface area (Å²) in [6.45, 7) is 4.07. The van der Waals surface area contributed by atoms with Crippen molar-refractivity contribution in [3.8, 4) is 5.75 Å². The molecule has 0 aliphatic heterocycles. The van der Waals surface area contributed by atoms with Crippen LogP contribution in [0, 0.1) is 13.8 Å². The van der Waals surface area contributed by atoms with Crippen LogP contribution in [0.5, 0.6) is 5.75 Å². The minimum absolute atomic E-state index is 0.489. The first kappa shape index (κ1) is 12.4. The molecule has 0 amide bonds. The minimum Gasteiger partial charge on any atom is -0.496 e. The molecule has 0 saturated carbocycles. The first-order valence-electron chi connectivity index (χ1n) is 5.04. The number of aliphatic hydroxyl groups is 1. The van der Waals surface area contributed by atoms with Gasteiger partial charge in [0.15, 0.2) is 0 Å². The Morgan fingerprint density at radius 3 is 2.47 bits per heavy atom. The van der Waals surface area contributed by atoms with Crippen LogP contribution in [0.4, 0.5) is 0 Å². The summed E-state index contributed by atoms with van der Waals surface area (Å²) < 4.78 is 5.26. The van der Waals surface area contributed by atoms with Gasteiger partial charge < -0.3 is 9.84 Å². The number of aryl methyl sites for hydroxylation is 2. The summed E-state index contributed by atoms with van der Waals surface area (Å²) in [6.07, 6.45) is 0.152. The Labute approximate surface area is 96.7 Å². The maximum absolute atomic E-state index is 9.92. The van der Waals surface area contributed by atoms with Crippen molar-refractivity contribution >= 4 is 12.6 Å². The van der Waals surface area contributed by atoms with E-state index in [0.29, 0.717) is 12.2 Å². The van der Waals surface area contributed by atoms with Gasteiger partial charge in [0.05, 0.1) is 13.2 Å². The molecule has 0 aromatic heterocycles. The van der Waals surface area contributed by atoms with Gasteiger partial charge >= 0.3 is 0 Å². The van der Waals surface area contributed by atoms with Crippen LogP contribution < -0.4 is 4.74 Å². The molecule has 0 bridgehead atoms. The molecule has 0 aliphatic carbocycles. The van der Waals surface area contributed by atoms with Gasteiger partial charge in [0, 0.05) is 5.56 Å². The third-order valence-electron chi connectivity index (χ3n) is 2.61. The number of thiol groups is 1. The Bertz CT molecular complexity index is 337. The lowest BCUT2D eigenvalue weighted by molar-refractivity contribution is 0.170. The van der Waals surface area contributed by atoms with Crippen molar-refractivity contribution in [1.29, 1.82) is 0 Å². The largest absolute Gasteiger partial charge is 0.496 e. The van der Waals surface area contributed by atoms with Crippen molar-refractivity contribution < 1.29 is 9.84 Å². The van der Waals surface area contributed by atoms with E-state index in [4.69, 9.17) is 4.74 Å². The molecule has 15 heavy (non-hydrogen) atoms. The summed E-state index contributed by atoms with van der Waals surface area (Å²) in [5.41, 5.74) is 3.20. The zero-order valence-corrected chi connectivity index (χ0v) is 10.3. The molecule has 1 N–H and O–H groups in total. The third-order valence-corrected chi connectivity index (χ3v) is 2.87. The fourth-order valence-corrected chi connectivity index (χ4v) is 1.77. The minimum atomic E-state index is -0.489. The van der Waals surface area contributed by atoms with E-state index < -0.39 is 6.10 Å². The van der Waals surface area contributed by atoms with E-state index in [9.17, 15) is 5.11 Å². The number of rotatable bonds is 4. The number of hydrogen-bond donors (Lipinski definition) is 2. The quantitative estimate of drug-likeness (QED) is 0.773. The van der Waals surface area contributed by atoms with Crippen LogP contribution in [0.2, 0.25) is 0 Å². The van der Waals surface area contributed by atoms with E-state index in [1.54, 1.807) is 7.11 Å². The average Bonchev–Trinajstić information content (AvgIpc) is 2.21. The maximum Gasteiger partial charge on any atom is 0.124 e. The Hall–Kier alpha value is -0.670. The van der Waals surface area contributed by atoms with E-state index in [-0.39, 0.29) is 0 Å². The van der Waals surface area contributed by atoms with Gasteiger partial charge in [0.2, 0.25) is 0 Å². The Kier molecular flexibility index (Phi) is 4.48. The van der Waals surface area contributed by atoms with E-state index in [0.717, 1.165) is 11.3 Å². The molecular formula is C12H18O2S. The van der Waals surface area contributed by atoms with Crippen LogP contribution in [-0.4, -0.2) is 18.0 Å². The van der Waals surface area contributed by atoms with Gasteiger partial charge in [-0.25, -0.2) is 0 Å². The Balaban J connectivity index is 3.09. The zero-order valence-electron chi connectivity index (χ0n) is 9.45. The first-order valence-corrected chi connectivity index (χ1v) is 5.67. The molecule has 1 aromatic carbocycles. The molecule has 1 rings (SSSR count). The van der Waals surface area contributed by atoms with Crippen LogP contribution in [0.3, 0.4) is 0 Å². The predicted molar refractivity (Wildman–Crippen MR) is 65.9 cm³/mol. The molecule has 0 spiro atoms. The highest BCUT2D eigenvalue weighted by Gasteiger charge is 2.13. The molecule has 3 heteroatoms. The summed E-state index contributed by atoms with van der Waals surface area (Å²) in [5, 5.41) is 9.92. The van der Waals surface area contributed by atoms with Crippen LogP contribution in [-0.2, 0) is 0 Å². The van der Waals surface area contributed by atoms with E-state index in [1.165, 1.54) is 11.1 Å². The lowest BCUT2D eigenvalue weighted by Gasteiger charge is -2.16. The number of benzene rings is 1. The molecule has 2 nitrogen and oxygen atoms in total. The summed E-state index contributed by atoms with van der Waals surface area (Å²) in [5.74, 6) is 1.42. The SMILES string of the molecule is COc1cc(C)c(C)cc1C(O)CCS. The number of ether oxygens (including phenoxy) is 1. The van der Waals surface area contributed by atoms with Gasteiger partial charge in [0.1, 0.15) is 5.75 Å². The fraction of sp³-hybridized carbons (Fsp3) is 0.500. The number of methoxy groups -OCH3 is 1. The summed E-state index contributed by atoms with van der Waals surface area (Å²) in [6, 6.07) is 3.95. The topological polar surface area (TPSA) is 29.5 Å². The highest BCUT2D eigenvalue weighted by molar-refractivity contribution is 7.80. The van der Waals surface area contributed by atoms with Gasteiger partial charge in [-0.2, -0.15) is 12.6 Å². The van der Waals surface area contributed by atoms with Crippen LogP contribution in [0.15, 0.2) is 12.1 Å². The Morgan fingerprint density at radius 2 is 1.93 bits per heavy atom. The van der Waals surface area contributed by atoms with Crippen molar-refractivity contribution in [2.45, 2.75) is 26.4 Å². The highest BCUT2D eigenvalue weighted by atomic mass is 32.1. The second-order valence-electron chi connectivity index (χ2n) is 3.71. The van der Waals surface area contributed by atoms with Crippen molar-refractivity contribution in [2.75, 3.05) is 12.9 Å². The maximum atomic E-state index is 9.92. The molecule has 0 radical (unpaired) electrons. The van der Waals surface area contributed by atoms with Gasteiger partial charge in [-0.05, 0) is 49.3 Å². The molecule has 0 aliphatic rings. The molecule has 0 saturated heterocycles. The van der Waals surface area contributed by atoms with Crippen LogP contribution in [0.25, 0.3) is 0 Å². The molecule has 1 aromatic rings. The van der Waals surface area contributed by atoms with E-state index in [1.807, 2.05) is 26.0 Å². The van der Waals surface area contributed by atoms with Crippen molar-refractivity contribution in [3.63, 3.8) is 0 Å². The van der Waals surface area contributed by atoms with E-state index >= 15 is 0 Å². The monoisotopic (exact) mass is 226 g/mol. The van der Waals surface area contributed by atoms with Gasteiger partial charge in [-0.3, -0.25) is 0 Å². The smallest absolute Gasteiger partial charge is 0.124 e. The second-order valence-corrected chi connectivity index (χ2v) is 4.15.